The lowest BCUT2D eigenvalue weighted by atomic mass is 10.1. The molecule has 0 aromatic rings. The minimum absolute atomic E-state index is 0.261. The van der Waals surface area contributed by atoms with Gasteiger partial charge >= 0.3 is 0 Å². The molecule has 0 aromatic heterocycles. The van der Waals surface area contributed by atoms with E-state index in [1.165, 1.54) is 0 Å². The van der Waals surface area contributed by atoms with E-state index in [4.69, 9.17) is 5.73 Å². The second-order valence-electron chi connectivity index (χ2n) is 4.20. The van der Waals surface area contributed by atoms with Crippen LogP contribution in [0.15, 0.2) is 12.7 Å². The quantitative estimate of drug-likeness (QED) is 0.459. The zero-order valence-electron chi connectivity index (χ0n) is 10.6. The molecular formula is C13H26N2O. The Morgan fingerprint density at radius 3 is 2.56 bits per heavy atom. The van der Waals surface area contributed by atoms with Gasteiger partial charge in [-0.15, -0.1) is 6.58 Å². The number of hydrogen-bond acceptors (Lipinski definition) is 2. The van der Waals surface area contributed by atoms with Crippen molar-refractivity contribution in [3.8, 4) is 0 Å². The average Bonchev–Trinajstić information content (AvgIpc) is 2.28. The molecule has 0 aliphatic heterocycles. The molecule has 3 nitrogen and oxygen atoms in total. The molecule has 0 spiro atoms. The summed E-state index contributed by atoms with van der Waals surface area (Å²) in [6.07, 6.45) is 8.88. The Labute approximate surface area is 99.7 Å². The lowest BCUT2D eigenvalue weighted by Crippen LogP contribution is -2.27. The Balaban J connectivity index is 3.43. The molecule has 0 atom stereocenters. The van der Waals surface area contributed by atoms with E-state index in [9.17, 15) is 4.79 Å². The number of carbonyl (C=O) groups is 1. The normalized spacial score (nSPS) is 10.1. The van der Waals surface area contributed by atoms with Crippen LogP contribution in [-0.2, 0) is 4.79 Å². The van der Waals surface area contributed by atoms with Gasteiger partial charge in [0.05, 0.1) is 0 Å². The van der Waals surface area contributed by atoms with Crippen molar-refractivity contribution in [2.45, 2.75) is 44.9 Å². The van der Waals surface area contributed by atoms with Gasteiger partial charge in [-0.25, -0.2) is 0 Å². The molecule has 0 fully saturated rings. The van der Waals surface area contributed by atoms with Crippen LogP contribution < -0.4 is 5.73 Å². The van der Waals surface area contributed by atoms with Crippen LogP contribution in [0.25, 0.3) is 0 Å². The van der Waals surface area contributed by atoms with E-state index in [1.54, 1.807) is 0 Å². The van der Waals surface area contributed by atoms with Crippen LogP contribution in [0.3, 0.4) is 0 Å². The maximum atomic E-state index is 11.6. The van der Waals surface area contributed by atoms with Crippen molar-refractivity contribution in [3.63, 3.8) is 0 Å². The smallest absolute Gasteiger partial charge is 0.222 e. The monoisotopic (exact) mass is 226 g/mol. The Morgan fingerprint density at radius 2 is 1.94 bits per heavy atom. The summed E-state index contributed by atoms with van der Waals surface area (Å²) < 4.78 is 0. The molecule has 0 heterocycles. The zero-order chi connectivity index (χ0) is 12.2. The largest absolute Gasteiger partial charge is 0.346 e. The fourth-order valence-corrected chi connectivity index (χ4v) is 1.56. The van der Waals surface area contributed by atoms with Crippen LogP contribution in [0.4, 0.5) is 0 Å². The first kappa shape index (κ1) is 15.2. The fourth-order valence-electron chi connectivity index (χ4n) is 1.56. The van der Waals surface area contributed by atoms with E-state index >= 15 is 0 Å². The van der Waals surface area contributed by atoms with Gasteiger partial charge in [-0.1, -0.05) is 18.9 Å². The van der Waals surface area contributed by atoms with Crippen LogP contribution in [0.1, 0.15) is 44.9 Å². The highest BCUT2D eigenvalue weighted by Gasteiger charge is 2.06. The van der Waals surface area contributed by atoms with Crippen LogP contribution >= 0.6 is 0 Å². The number of hydrogen-bond donors (Lipinski definition) is 1. The van der Waals surface area contributed by atoms with E-state index in [0.29, 0.717) is 6.42 Å². The van der Waals surface area contributed by atoms with Crippen molar-refractivity contribution in [2.24, 2.45) is 5.73 Å². The predicted octanol–water partition coefficient (Wildman–Crippen LogP) is 2.32. The highest BCUT2D eigenvalue weighted by atomic mass is 16.2. The van der Waals surface area contributed by atoms with E-state index < -0.39 is 0 Å². The van der Waals surface area contributed by atoms with Gasteiger partial charge in [0.15, 0.2) is 0 Å². The maximum Gasteiger partial charge on any atom is 0.222 e. The molecule has 0 aromatic carbocycles. The molecule has 0 radical (unpaired) electrons. The average molecular weight is 226 g/mol. The minimum Gasteiger partial charge on any atom is -0.346 e. The third kappa shape index (κ3) is 8.48. The van der Waals surface area contributed by atoms with Gasteiger partial charge in [-0.3, -0.25) is 4.79 Å². The van der Waals surface area contributed by atoms with E-state index in [2.05, 4.69) is 6.58 Å². The van der Waals surface area contributed by atoms with Gasteiger partial charge in [0.25, 0.3) is 0 Å². The zero-order valence-corrected chi connectivity index (χ0v) is 10.6. The first-order chi connectivity index (χ1) is 7.72. The number of rotatable bonds is 10. The minimum atomic E-state index is 0.261. The van der Waals surface area contributed by atoms with Crippen molar-refractivity contribution in [2.75, 3.05) is 20.1 Å². The van der Waals surface area contributed by atoms with Gasteiger partial charge in [-0.05, 0) is 32.2 Å². The molecule has 1 amide bonds. The molecular weight excluding hydrogens is 200 g/mol. The van der Waals surface area contributed by atoms with Crippen LogP contribution in [-0.4, -0.2) is 30.9 Å². The number of allylic oxidation sites excluding steroid dienone is 1. The Bertz CT molecular complexity index is 192. The lowest BCUT2D eigenvalue weighted by molar-refractivity contribution is -0.130. The number of nitrogens with zero attached hydrogens (tertiary/aromatic N) is 1. The molecule has 0 unspecified atom stereocenters. The van der Waals surface area contributed by atoms with Crippen molar-refractivity contribution in [1.82, 2.24) is 4.90 Å². The number of amides is 1. The molecule has 0 bridgehead atoms. The van der Waals surface area contributed by atoms with E-state index in [-0.39, 0.29) is 5.91 Å². The summed E-state index contributed by atoms with van der Waals surface area (Å²) in [6.45, 7) is 5.27. The second kappa shape index (κ2) is 10.7. The van der Waals surface area contributed by atoms with Crippen LogP contribution in [0.5, 0.6) is 0 Å². The summed E-state index contributed by atoms with van der Waals surface area (Å²) in [5.74, 6) is 0.261. The van der Waals surface area contributed by atoms with Crippen molar-refractivity contribution in [1.29, 1.82) is 0 Å². The van der Waals surface area contributed by atoms with E-state index in [0.717, 1.165) is 51.6 Å². The fraction of sp³-hybridized carbons (Fsp3) is 0.769. The number of unbranched alkanes of at least 4 members (excludes halogenated alkanes) is 4. The van der Waals surface area contributed by atoms with Crippen molar-refractivity contribution < 1.29 is 4.79 Å². The molecule has 2 N–H and O–H groups in total. The number of nitrogens with two attached hydrogens (primary N) is 1. The molecule has 0 aliphatic carbocycles. The second-order valence-corrected chi connectivity index (χ2v) is 4.20. The first-order valence-corrected chi connectivity index (χ1v) is 6.27. The van der Waals surface area contributed by atoms with E-state index in [1.807, 2.05) is 18.0 Å². The summed E-state index contributed by atoms with van der Waals surface area (Å²) >= 11 is 0. The van der Waals surface area contributed by atoms with Gasteiger partial charge in [0.2, 0.25) is 5.91 Å². The topological polar surface area (TPSA) is 46.3 Å². The lowest BCUT2D eigenvalue weighted by Gasteiger charge is -2.16. The predicted molar refractivity (Wildman–Crippen MR) is 69.2 cm³/mol. The van der Waals surface area contributed by atoms with Crippen molar-refractivity contribution >= 4 is 5.91 Å². The molecule has 16 heavy (non-hydrogen) atoms. The Hall–Kier alpha value is -0.830. The summed E-state index contributed by atoms with van der Waals surface area (Å²) in [6, 6.07) is 0. The molecule has 0 aliphatic rings. The molecule has 0 saturated heterocycles. The molecule has 0 rings (SSSR count). The summed E-state index contributed by atoms with van der Waals surface area (Å²) in [7, 11) is 1.88. The molecule has 3 heteroatoms. The highest BCUT2D eigenvalue weighted by Crippen LogP contribution is 2.05. The first-order valence-electron chi connectivity index (χ1n) is 6.27. The third-order valence-electron chi connectivity index (χ3n) is 2.67. The molecule has 0 saturated carbocycles. The van der Waals surface area contributed by atoms with Crippen LogP contribution in [0, 0.1) is 0 Å². The summed E-state index contributed by atoms with van der Waals surface area (Å²) in [5.41, 5.74) is 5.40. The van der Waals surface area contributed by atoms with Crippen molar-refractivity contribution in [3.05, 3.63) is 12.7 Å². The highest BCUT2D eigenvalue weighted by molar-refractivity contribution is 5.75. The van der Waals surface area contributed by atoms with Gasteiger partial charge in [0, 0.05) is 20.0 Å². The SMILES string of the molecule is C=CCCCN(C)C(=O)CCCCCCN. The summed E-state index contributed by atoms with van der Waals surface area (Å²) in [4.78, 5) is 13.5. The molecule has 94 valence electrons. The Kier molecular flexibility index (Phi) is 10.1. The maximum absolute atomic E-state index is 11.6. The third-order valence-corrected chi connectivity index (χ3v) is 2.67. The van der Waals surface area contributed by atoms with Crippen LogP contribution in [0.2, 0.25) is 0 Å². The standard InChI is InChI=1S/C13H26N2O/c1-3-4-9-12-15(2)13(16)10-7-5-6-8-11-14/h3H,1,4-12,14H2,2H3. The Morgan fingerprint density at radius 1 is 1.25 bits per heavy atom. The van der Waals surface area contributed by atoms with Gasteiger partial charge in [-0.2, -0.15) is 0 Å². The van der Waals surface area contributed by atoms with Gasteiger partial charge < -0.3 is 10.6 Å². The number of carbonyl (C=O) groups excluding carboxylic acids is 1. The summed E-state index contributed by atoms with van der Waals surface area (Å²) in [5, 5.41) is 0. The van der Waals surface area contributed by atoms with Gasteiger partial charge in [0.1, 0.15) is 0 Å².